The molecule has 1 aromatic carbocycles. The lowest BCUT2D eigenvalue weighted by atomic mass is 9.90. The average molecular weight is 444 g/mol. The number of urea groups is 1. The Kier molecular flexibility index (Phi) is 7.09. The number of amides is 2. The molecule has 162 valence electrons. The van der Waals surface area contributed by atoms with Crippen molar-refractivity contribution in [3.05, 3.63) is 34.9 Å². The highest BCUT2D eigenvalue weighted by Crippen LogP contribution is 2.31. The van der Waals surface area contributed by atoms with Gasteiger partial charge in [0.1, 0.15) is 5.25 Å². The molecule has 0 aromatic heterocycles. The van der Waals surface area contributed by atoms with Crippen LogP contribution in [0.4, 0.5) is 4.79 Å². The quantitative estimate of drug-likeness (QED) is 0.705. The van der Waals surface area contributed by atoms with Crippen molar-refractivity contribution in [2.75, 3.05) is 32.8 Å². The molecule has 0 spiro atoms. The Morgan fingerprint density at radius 2 is 1.79 bits per heavy atom. The Labute approximate surface area is 178 Å². The van der Waals surface area contributed by atoms with E-state index in [1.165, 1.54) is 10.5 Å². The lowest BCUT2D eigenvalue weighted by Crippen LogP contribution is -2.63. The van der Waals surface area contributed by atoms with Crippen molar-refractivity contribution in [3.8, 4) is 0 Å². The molecule has 2 fully saturated rings. The van der Waals surface area contributed by atoms with Crippen LogP contribution in [-0.2, 0) is 10.0 Å². The highest BCUT2D eigenvalue weighted by Gasteiger charge is 2.44. The van der Waals surface area contributed by atoms with Crippen molar-refractivity contribution in [2.45, 2.75) is 43.9 Å². The van der Waals surface area contributed by atoms with Gasteiger partial charge in [0.15, 0.2) is 0 Å². The van der Waals surface area contributed by atoms with Crippen LogP contribution in [-0.4, -0.2) is 72.8 Å². The largest absolute Gasteiger partial charge is 0.394 e. The number of aliphatic hydroxyl groups is 1. The number of carbonyl (C=O) groups is 1. The normalized spacial score (nSPS) is 20.5. The van der Waals surface area contributed by atoms with Crippen LogP contribution in [0.5, 0.6) is 0 Å². The van der Waals surface area contributed by atoms with Gasteiger partial charge in [-0.05, 0) is 42.4 Å². The Balaban J connectivity index is 1.50. The average Bonchev–Trinajstić information content (AvgIpc) is 2.65. The van der Waals surface area contributed by atoms with Gasteiger partial charge in [0.2, 0.25) is 10.0 Å². The molecular weight excluding hydrogens is 414 g/mol. The summed E-state index contributed by atoms with van der Waals surface area (Å²) in [5.74, 6) is 0.445. The lowest BCUT2D eigenvalue weighted by Gasteiger charge is -2.42. The molecule has 2 heterocycles. The number of hydrogen-bond donors (Lipinski definition) is 2. The molecule has 2 amide bonds. The molecule has 2 aliphatic rings. The summed E-state index contributed by atoms with van der Waals surface area (Å²) in [7, 11) is -3.41. The van der Waals surface area contributed by atoms with Gasteiger partial charge < -0.3 is 15.3 Å². The van der Waals surface area contributed by atoms with Gasteiger partial charge in [0.25, 0.3) is 0 Å². The summed E-state index contributed by atoms with van der Waals surface area (Å²) in [6, 6.07) is 7.12. The second kappa shape index (κ2) is 9.20. The molecule has 29 heavy (non-hydrogen) atoms. The van der Waals surface area contributed by atoms with Crippen LogP contribution >= 0.6 is 11.6 Å². The molecule has 0 radical (unpaired) electrons. The first-order valence-electron chi connectivity index (χ1n) is 10.1. The second-order valence-corrected chi connectivity index (χ2v) is 10.9. The fourth-order valence-electron chi connectivity index (χ4n) is 3.85. The van der Waals surface area contributed by atoms with Gasteiger partial charge in [0, 0.05) is 31.2 Å². The SMILES string of the molecule is CC(C)C(CO)NC(=O)N1CC(S(=O)(=O)N2CCC(c3ccc(Cl)cc3)CC2)C1. The van der Waals surface area contributed by atoms with Crippen molar-refractivity contribution in [1.29, 1.82) is 0 Å². The first kappa shape index (κ1) is 22.3. The predicted octanol–water partition coefficient (Wildman–Crippen LogP) is 2.26. The predicted molar refractivity (Wildman–Crippen MR) is 114 cm³/mol. The summed E-state index contributed by atoms with van der Waals surface area (Å²) in [6.07, 6.45) is 1.56. The minimum atomic E-state index is -3.41. The third-order valence-corrected chi connectivity index (χ3v) is 8.50. The fourth-order valence-corrected chi connectivity index (χ4v) is 5.86. The monoisotopic (exact) mass is 443 g/mol. The van der Waals surface area contributed by atoms with E-state index in [4.69, 9.17) is 11.6 Å². The number of carbonyl (C=O) groups excluding carboxylic acids is 1. The van der Waals surface area contributed by atoms with Gasteiger partial charge in [0.05, 0.1) is 12.6 Å². The van der Waals surface area contributed by atoms with E-state index in [0.29, 0.717) is 24.0 Å². The van der Waals surface area contributed by atoms with Crippen LogP contribution in [0.25, 0.3) is 0 Å². The summed E-state index contributed by atoms with van der Waals surface area (Å²) in [5, 5.41) is 12.3. The Hall–Kier alpha value is -1.35. The Morgan fingerprint density at radius 1 is 1.21 bits per heavy atom. The van der Waals surface area contributed by atoms with Gasteiger partial charge in [-0.25, -0.2) is 17.5 Å². The van der Waals surface area contributed by atoms with E-state index in [1.54, 1.807) is 4.31 Å². The van der Waals surface area contributed by atoms with E-state index >= 15 is 0 Å². The third-order valence-electron chi connectivity index (χ3n) is 6.02. The molecule has 2 aliphatic heterocycles. The molecule has 0 bridgehead atoms. The van der Waals surface area contributed by atoms with Crippen molar-refractivity contribution in [3.63, 3.8) is 0 Å². The first-order chi connectivity index (χ1) is 13.7. The number of halogens is 1. The molecule has 2 N–H and O–H groups in total. The molecular formula is C20H30ClN3O4S. The first-order valence-corrected chi connectivity index (χ1v) is 12.0. The van der Waals surface area contributed by atoms with Crippen LogP contribution in [0.15, 0.2) is 24.3 Å². The van der Waals surface area contributed by atoms with E-state index in [2.05, 4.69) is 5.32 Å². The van der Waals surface area contributed by atoms with Crippen LogP contribution in [0.1, 0.15) is 38.2 Å². The lowest BCUT2D eigenvalue weighted by molar-refractivity contribution is 0.148. The summed E-state index contributed by atoms with van der Waals surface area (Å²) in [5.41, 5.74) is 1.20. The summed E-state index contributed by atoms with van der Waals surface area (Å²) in [6.45, 7) is 5.08. The molecule has 0 aliphatic carbocycles. The molecule has 2 saturated heterocycles. The van der Waals surface area contributed by atoms with Gasteiger partial charge in [-0.15, -0.1) is 0 Å². The molecule has 7 nitrogen and oxygen atoms in total. The number of piperidine rings is 1. The minimum absolute atomic E-state index is 0.103. The van der Waals surface area contributed by atoms with E-state index in [-0.39, 0.29) is 37.7 Å². The van der Waals surface area contributed by atoms with Crippen LogP contribution in [0.3, 0.4) is 0 Å². The highest BCUT2D eigenvalue weighted by atomic mass is 35.5. The molecule has 3 rings (SSSR count). The zero-order chi connectivity index (χ0) is 21.2. The third kappa shape index (κ3) is 5.05. The maximum absolute atomic E-state index is 12.9. The van der Waals surface area contributed by atoms with Crippen molar-refractivity contribution >= 4 is 27.7 Å². The zero-order valence-electron chi connectivity index (χ0n) is 16.9. The summed E-state index contributed by atoms with van der Waals surface area (Å²) in [4.78, 5) is 13.8. The molecule has 0 saturated carbocycles. The summed E-state index contributed by atoms with van der Waals surface area (Å²) >= 11 is 5.94. The Bertz CT molecular complexity index is 802. The van der Waals surface area contributed by atoms with E-state index in [0.717, 1.165) is 12.8 Å². The number of benzene rings is 1. The molecule has 9 heteroatoms. The minimum Gasteiger partial charge on any atom is -0.394 e. The molecule has 1 unspecified atom stereocenters. The zero-order valence-corrected chi connectivity index (χ0v) is 18.5. The van der Waals surface area contributed by atoms with Crippen LogP contribution < -0.4 is 5.32 Å². The maximum Gasteiger partial charge on any atom is 0.317 e. The maximum atomic E-state index is 12.9. The number of likely N-dealkylation sites (tertiary alicyclic amines) is 1. The number of nitrogens with one attached hydrogen (secondary N) is 1. The van der Waals surface area contributed by atoms with E-state index < -0.39 is 15.3 Å². The summed E-state index contributed by atoms with van der Waals surface area (Å²) < 4.78 is 27.4. The van der Waals surface area contributed by atoms with Crippen molar-refractivity contribution in [2.24, 2.45) is 5.92 Å². The van der Waals surface area contributed by atoms with E-state index in [9.17, 15) is 18.3 Å². The van der Waals surface area contributed by atoms with Gasteiger partial charge >= 0.3 is 6.03 Å². The number of nitrogens with zero attached hydrogens (tertiary/aromatic N) is 2. The molecule has 1 atom stereocenters. The number of hydrogen-bond acceptors (Lipinski definition) is 4. The van der Waals surface area contributed by atoms with Gasteiger partial charge in [-0.3, -0.25) is 0 Å². The Morgan fingerprint density at radius 3 is 2.31 bits per heavy atom. The smallest absolute Gasteiger partial charge is 0.317 e. The number of rotatable bonds is 6. The van der Waals surface area contributed by atoms with Crippen LogP contribution in [0.2, 0.25) is 5.02 Å². The topological polar surface area (TPSA) is 90.0 Å². The standard InChI is InChI=1S/C20H30ClN3O4S/c1-14(2)19(13-25)22-20(26)23-11-18(12-23)29(27,28)24-9-7-16(8-10-24)15-3-5-17(21)6-4-15/h3-6,14,16,18-19,25H,7-13H2,1-2H3,(H,22,26). The number of aliphatic hydroxyl groups excluding tert-OH is 1. The van der Waals surface area contributed by atoms with Crippen molar-refractivity contribution < 1.29 is 18.3 Å². The number of sulfonamides is 1. The van der Waals surface area contributed by atoms with E-state index in [1.807, 2.05) is 38.1 Å². The molecule has 1 aromatic rings. The fraction of sp³-hybridized carbons (Fsp3) is 0.650. The second-order valence-electron chi connectivity index (χ2n) is 8.28. The van der Waals surface area contributed by atoms with Crippen LogP contribution in [0, 0.1) is 5.92 Å². The highest BCUT2D eigenvalue weighted by molar-refractivity contribution is 7.89. The van der Waals surface area contributed by atoms with Gasteiger partial charge in [-0.2, -0.15) is 0 Å². The van der Waals surface area contributed by atoms with Gasteiger partial charge in [-0.1, -0.05) is 37.6 Å². The van der Waals surface area contributed by atoms with Crippen molar-refractivity contribution in [1.82, 2.24) is 14.5 Å².